The zero-order valence-electron chi connectivity index (χ0n) is 25.0. The summed E-state index contributed by atoms with van der Waals surface area (Å²) in [4.78, 5) is 42.3. The fraction of sp³-hybridized carbons (Fsp3) is 0.393. The number of carbonyl (C=O) groups excluding carboxylic acids is 3. The van der Waals surface area contributed by atoms with Gasteiger partial charge in [-0.25, -0.2) is 9.69 Å². The summed E-state index contributed by atoms with van der Waals surface area (Å²) in [6, 6.07) is 0.545. The van der Waals surface area contributed by atoms with Gasteiger partial charge in [-0.3, -0.25) is 14.3 Å². The third-order valence-corrected chi connectivity index (χ3v) is 7.11. The lowest BCUT2D eigenvalue weighted by molar-refractivity contribution is -0.351. The molecule has 1 fully saturated rings. The van der Waals surface area contributed by atoms with E-state index in [0.717, 1.165) is 24.1 Å². The molecule has 1 aromatic carbocycles. The molecule has 1 saturated heterocycles. The van der Waals surface area contributed by atoms with Gasteiger partial charge in [0.1, 0.15) is 18.1 Å². The van der Waals surface area contributed by atoms with Crippen molar-refractivity contribution >= 4 is 23.5 Å². The number of rotatable bonds is 5. The van der Waals surface area contributed by atoms with Crippen molar-refractivity contribution in [1.82, 2.24) is 4.90 Å². The molecule has 5 rings (SSSR count). The van der Waals surface area contributed by atoms with Crippen molar-refractivity contribution in [2.75, 3.05) is 18.6 Å². The highest BCUT2D eigenvalue weighted by molar-refractivity contribution is 6.08. The predicted molar refractivity (Wildman–Crippen MR) is 150 cm³/mol. The predicted octanol–water partition coefficient (Wildman–Crippen LogP) is 1.76. The molecular formula is C28H30N2O17. The van der Waals surface area contributed by atoms with Gasteiger partial charge in [-0.15, -0.1) is 0 Å². The first-order valence-corrected chi connectivity index (χ1v) is 13.6. The number of ketones is 1. The maximum atomic E-state index is 14.0. The first kappa shape index (κ1) is 32.9. The van der Waals surface area contributed by atoms with Crippen LogP contribution in [0.5, 0.6) is 11.5 Å². The standard InChI is InChI=1S/C28H30N2O17/c1-26(2,3)47-25(39)30-13-7-18(45-27(40)21(36)19(34)15(32)9-43-27)17(42-4)6-12(13)23(38)29-8-11(31)5-14(29)24(30)46-28(41)22(37)20(35)16(33)10-44-28/h6-7,9-10,14,24,32-37,40-41H,5,8H2,1-4H3/t14-,24-,27?,28?/m0/s1. The molecular weight excluding hydrogens is 636 g/mol. The number of aliphatic hydroxyl groups excluding tert-OH is 6. The SMILES string of the molecule is COc1cc2c(cc1OC1(O)OC=C(O)C(O)=C1O)N(C(=O)OC(C)(C)C)[C@@H](OC1(O)OC=C(O)C(O)=C1O)[C@@H]1CC(=O)CN1C2=O. The molecule has 2 amide bonds. The van der Waals surface area contributed by atoms with Crippen LogP contribution in [0, 0.1) is 0 Å². The molecule has 0 saturated carbocycles. The molecule has 0 aliphatic carbocycles. The Kier molecular flexibility index (Phi) is 7.74. The highest BCUT2D eigenvalue weighted by atomic mass is 16.8. The smallest absolute Gasteiger partial charge is 0.436 e. The van der Waals surface area contributed by atoms with Gasteiger partial charge in [-0.2, -0.15) is 0 Å². The van der Waals surface area contributed by atoms with Crippen LogP contribution in [0.3, 0.4) is 0 Å². The lowest BCUT2D eigenvalue weighted by Crippen LogP contribution is -2.57. The quantitative estimate of drug-likeness (QED) is 0.208. The highest BCUT2D eigenvalue weighted by Crippen LogP contribution is 2.45. The van der Waals surface area contributed by atoms with Crippen LogP contribution >= 0.6 is 0 Å². The van der Waals surface area contributed by atoms with Crippen molar-refractivity contribution in [2.45, 2.75) is 57.0 Å². The zero-order valence-corrected chi connectivity index (χ0v) is 25.0. The number of anilines is 1. The molecule has 4 aliphatic rings. The van der Waals surface area contributed by atoms with Gasteiger partial charge >= 0.3 is 18.0 Å². The molecule has 4 aliphatic heterocycles. The van der Waals surface area contributed by atoms with E-state index in [1.165, 1.54) is 20.8 Å². The molecule has 4 atom stereocenters. The number of methoxy groups -OCH3 is 1. The summed E-state index contributed by atoms with van der Waals surface area (Å²) < 4.78 is 31.8. The Labute approximate surface area is 264 Å². The third-order valence-electron chi connectivity index (χ3n) is 7.11. The van der Waals surface area contributed by atoms with Crippen molar-refractivity contribution in [3.63, 3.8) is 0 Å². The van der Waals surface area contributed by atoms with Crippen LogP contribution < -0.4 is 14.4 Å². The minimum Gasteiger partial charge on any atom is -0.502 e. The largest absolute Gasteiger partial charge is 0.502 e. The van der Waals surface area contributed by atoms with Crippen LogP contribution in [-0.2, 0) is 23.7 Å². The fourth-order valence-corrected chi connectivity index (χ4v) is 4.97. The summed E-state index contributed by atoms with van der Waals surface area (Å²) in [7, 11) is 1.13. The van der Waals surface area contributed by atoms with Crippen molar-refractivity contribution in [3.05, 3.63) is 64.8 Å². The van der Waals surface area contributed by atoms with E-state index in [1.807, 2.05) is 0 Å². The van der Waals surface area contributed by atoms with Crippen molar-refractivity contribution in [1.29, 1.82) is 0 Å². The fourth-order valence-electron chi connectivity index (χ4n) is 4.97. The van der Waals surface area contributed by atoms with E-state index < -0.39 is 107 Å². The number of hydrogen-bond donors (Lipinski definition) is 8. The number of fused-ring (bicyclic) bond motifs is 2. The summed E-state index contributed by atoms with van der Waals surface area (Å²) in [5.41, 5.74) is -2.00. The number of nitrogens with zero attached hydrogens (tertiary/aromatic N) is 2. The first-order valence-electron chi connectivity index (χ1n) is 13.6. The van der Waals surface area contributed by atoms with E-state index in [4.69, 9.17) is 28.4 Å². The van der Waals surface area contributed by atoms with Gasteiger partial charge in [0.15, 0.2) is 35.0 Å². The van der Waals surface area contributed by atoms with Crippen molar-refractivity contribution in [3.8, 4) is 11.5 Å². The van der Waals surface area contributed by atoms with E-state index >= 15 is 0 Å². The molecule has 8 N–H and O–H groups in total. The van der Waals surface area contributed by atoms with E-state index in [0.29, 0.717) is 17.4 Å². The Morgan fingerprint density at radius 3 is 2.06 bits per heavy atom. The topological polar surface area (TPSA) is 275 Å². The Balaban J connectivity index is 1.72. The Morgan fingerprint density at radius 1 is 0.915 bits per heavy atom. The second-order valence-corrected chi connectivity index (χ2v) is 11.5. The Morgan fingerprint density at radius 2 is 1.49 bits per heavy atom. The molecule has 2 unspecified atom stereocenters. The van der Waals surface area contributed by atoms with Crippen LogP contribution in [0.15, 0.2) is 59.2 Å². The normalized spacial score (nSPS) is 27.6. The molecule has 0 spiro atoms. The lowest BCUT2D eigenvalue weighted by Gasteiger charge is -2.40. The summed E-state index contributed by atoms with van der Waals surface area (Å²) in [5, 5.41) is 82.3. The second kappa shape index (κ2) is 11.1. The van der Waals surface area contributed by atoms with E-state index in [9.17, 15) is 55.2 Å². The average molecular weight is 667 g/mol. The summed E-state index contributed by atoms with van der Waals surface area (Å²) in [5.74, 6) is -16.1. The molecule has 0 aromatic heterocycles. The van der Waals surface area contributed by atoms with Crippen LogP contribution in [0.1, 0.15) is 37.6 Å². The van der Waals surface area contributed by atoms with Crippen molar-refractivity contribution in [2.24, 2.45) is 0 Å². The van der Waals surface area contributed by atoms with Gasteiger partial charge in [0.25, 0.3) is 11.7 Å². The third kappa shape index (κ3) is 5.59. The zero-order chi connectivity index (χ0) is 34.8. The van der Waals surface area contributed by atoms with Crippen LogP contribution in [0.25, 0.3) is 0 Å². The van der Waals surface area contributed by atoms with Gasteiger partial charge in [-0.1, -0.05) is 0 Å². The number of carbonyl (C=O) groups is 3. The van der Waals surface area contributed by atoms with Gasteiger partial charge in [0.05, 0.1) is 30.9 Å². The number of aliphatic hydroxyl groups is 8. The number of hydrogen-bond acceptors (Lipinski definition) is 17. The molecule has 0 bridgehead atoms. The molecule has 19 heteroatoms. The van der Waals surface area contributed by atoms with Gasteiger partial charge in [-0.05, 0) is 26.8 Å². The van der Waals surface area contributed by atoms with E-state index in [-0.39, 0.29) is 11.3 Å². The van der Waals surface area contributed by atoms with Crippen LogP contribution in [-0.4, -0.2) is 107 Å². The minimum atomic E-state index is -3.31. The lowest BCUT2D eigenvalue weighted by atomic mass is 10.1. The summed E-state index contributed by atoms with van der Waals surface area (Å²) in [6.45, 7) is 3.99. The number of ether oxygens (including phenoxy) is 6. The first-order chi connectivity index (χ1) is 21.8. The summed E-state index contributed by atoms with van der Waals surface area (Å²) in [6.07, 6.45) is -2.84. The summed E-state index contributed by atoms with van der Waals surface area (Å²) >= 11 is 0. The second-order valence-electron chi connectivity index (χ2n) is 11.5. The van der Waals surface area contributed by atoms with E-state index in [2.05, 4.69) is 0 Å². The molecule has 19 nitrogen and oxygen atoms in total. The van der Waals surface area contributed by atoms with Crippen molar-refractivity contribution < 1.29 is 83.7 Å². The van der Waals surface area contributed by atoms with Crippen LogP contribution in [0.4, 0.5) is 10.5 Å². The van der Waals surface area contributed by atoms with Gasteiger partial charge in [0.2, 0.25) is 17.3 Å². The maximum Gasteiger partial charge on any atom is 0.436 e. The monoisotopic (exact) mass is 666 g/mol. The number of benzene rings is 1. The van der Waals surface area contributed by atoms with E-state index in [1.54, 1.807) is 0 Å². The Bertz CT molecular complexity index is 1670. The molecule has 4 heterocycles. The van der Waals surface area contributed by atoms with Gasteiger partial charge in [0, 0.05) is 12.5 Å². The molecule has 254 valence electrons. The molecule has 0 radical (unpaired) electrons. The number of Topliss-reactive ketones (excluding diaryl/α,β-unsaturated/α-hetero) is 1. The molecule has 1 aromatic rings. The maximum absolute atomic E-state index is 14.0. The Hall–Kier alpha value is -5.53. The number of amides is 2. The van der Waals surface area contributed by atoms with Gasteiger partial charge < -0.3 is 69.4 Å². The van der Waals surface area contributed by atoms with Crippen LogP contribution in [0.2, 0.25) is 0 Å². The highest BCUT2D eigenvalue weighted by Gasteiger charge is 2.55. The minimum absolute atomic E-state index is 0.328. The average Bonchev–Trinajstić information content (AvgIpc) is 3.36. The molecule has 47 heavy (non-hydrogen) atoms.